The number of anilines is 1. The summed E-state index contributed by atoms with van der Waals surface area (Å²) >= 11 is 0. The number of carbonyl (C=O) groups excluding carboxylic acids is 1. The van der Waals surface area contributed by atoms with E-state index in [1.54, 1.807) is 32.0 Å². The van der Waals surface area contributed by atoms with Gasteiger partial charge in [-0.1, -0.05) is 17.3 Å². The predicted molar refractivity (Wildman–Crippen MR) is 103 cm³/mol. The average molecular weight is 402 g/mol. The molecule has 0 saturated carbocycles. The molecule has 1 aromatic heterocycles. The molecule has 0 radical (unpaired) electrons. The fraction of sp³-hybridized carbons (Fsp3) is 0.200. The zero-order valence-corrected chi connectivity index (χ0v) is 16.2. The van der Waals surface area contributed by atoms with E-state index in [0.29, 0.717) is 28.3 Å². The van der Waals surface area contributed by atoms with Crippen molar-refractivity contribution in [3.63, 3.8) is 0 Å². The van der Waals surface area contributed by atoms with Crippen molar-refractivity contribution in [2.75, 3.05) is 11.1 Å². The fourth-order valence-corrected chi connectivity index (χ4v) is 4.22. The van der Waals surface area contributed by atoms with Gasteiger partial charge in [-0.2, -0.15) is 0 Å². The maximum atomic E-state index is 12.9. The number of aromatic nitrogens is 1. The number of sulfone groups is 1. The Morgan fingerprint density at radius 1 is 1.11 bits per heavy atom. The Balaban J connectivity index is 1.73. The number of halogens is 1. The molecule has 3 rings (SSSR count). The summed E-state index contributed by atoms with van der Waals surface area (Å²) in [6, 6.07) is 12.0. The summed E-state index contributed by atoms with van der Waals surface area (Å²) in [6.07, 6.45) is -0.217. The van der Waals surface area contributed by atoms with Crippen LogP contribution in [0.2, 0.25) is 0 Å². The lowest BCUT2D eigenvalue weighted by Crippen LogP contribution is -2.18. The van der Waals surface area contributed by atoms with Crippen LogP contribution in [-0.4, -0.2) is 25.2 Å². The number of benzene rings is 2. The van der Waals surface area contributed by atoms with E-state index >= 15 is 0 Å². The van der Waals surface area contributed by atoms with Crippen molar-refractivity contribution in [1.82, 2.24) is 5.16 Å². The number of nitrogens with one attached hydrogen (secondary N) is 1. The van der Waals surface area contributed by atoms with Gasteiger partial charge in [-0.25, -0.2) is 12.8 Å². The van der Waals surface area contributed by atoms with E-state index in [0.717, 1.165) is 0 Å². The maximum absolute atomic E-state index is 12.9. The van der Waals surface area contributed by atoms with Crippen molar-refractivity contribution in [2.24, 2.45) is 0 Å². The Kier molecular flexibility index (Phi) is 5.60. The smallest absolute Gasteiger partial charge is 0.225 e. The molecule has 0 atom stereocenters. The van der Waals surface area contributed by atoms with Crippen molar-refractivity contribution < 1.29 is 22.1 Å². The van der Waals surface area contributed by atoms with E-state index in [2.05, 4.69) is 10.5 Å². The van der Waals surface area contributed by atoms with Gasteiger partial charge in [0.1, 0.15) is 5.82 Å². The van der Waals surface area contributed by atoms with Crippen LogP contribution in [0.15, 0.2) is 57.9 Å². The van der Waals surface area contributed by atoms with Crippen LogP contribution in [-0.2, 0) is 14.6 Å². The molecule has 6 nitrogen and oxygen atoms in total. The second-order valence-corrected chi connectivity index (χ2v) is 8.51. The third-order valence-electron chi connectivity index (χ3n) is 4.16. The summed E-state index contributed by atoms with van der Waals surface area (Å²) in [5.41, 5.74) is 2.28. The van der Waals surface area contributed by atoms with Crippen LogP contribution in [0.5, 0.6) is 0 Å². The van der Waals surface area contributed by atoms with Gasteiger partial charge in [-0.15, -0.1) is 0 Å². The number of aryl methyl sites for hydroxylation is 2. The molecule has 28 heavy (non-hydrogen) atoms. The first kappa shape index (κ1) is 19.8. The molecule has 0 unspecified atom stereocenters. The van der Waals surface area contributed by atoms with Crippen molar-refractivity contribution in [3.8, 4) is 11.3 Å². The standard InChI is InChI=1S/C20H19FN2O4S/c1-13-3-4-15(18-11-14(2)23-27-18)12-19(13)28(25,26)10-9-20(24)22-17-7-5-16(21)6-8-17/h3-8,11-12H,9-10H2,1-2H3,(H,22,24). The quantitative estimate of drug-likeness (QED) is 0.675. The molecule has 0 aliphatic rings. The third kappa shape index (κ3) is 4.64. The first-order chi connectivity index (χ1) is 13.2. The maximum Gasteiger partial charge on any atom is 0.225 e. The second-order valence-electron chi connectivity index (χ2n) is 6.44. The van der Waals surface area contributed by atoms with Gasteiger partial charge < -0.3 is 9.84 Å². The Labute approximate surface area is 162 Å². The number of nitrogens with zero attached hydrogens (tertiary/aromatic N) is 1. The molecule has 2 aromatic carbocycles. The van der Waals surface area contributed by atoms with Crippen LogP contribution >= 0.6 is 0 Å². The Morgan fingerprint density at radius 2 is 1.82 bits per heavy atom. The largest absolute Gasteiger partial charge is 0.356 e. The van der Waals surface area contributed by atoms with E-state index in [1.165, 1.54) is 30.3 Å². The molecule has 3 aromatic rings. The van der Waals surface area contributed by atoms with Gasteiger partial charge in [-0.05, 0) is 49.7 Å². The summed E-state index contributed by atoms with van der Waals surface area (Å²) in [6.45, 7) is 3.47. The molecule has 0 aliphatic carbocycles. The monoisotopic (exact) mass is 402 g/mol. The van der Waals surface area contributed by atoms with E-state index in [4.69, 9.17) is 4.52 Å². The highest BCUT2D eigenvalue weighted by atomic mass is 32.2. The summed E-state index contributed by atoms with van der Waals surface area (Å²) in [7, 11) is -3.69. The molecule has 1 amide bonds. The first-order valence-electron chi connectivity index (χ1n) is 8.57. The van der Waals surface area contributed by atoms with Gasteiger partial charge in [0.15, 0.2) is 15.6 Å². The summed E-state index contributed by atoms with van der Waals surface area (Å²) in [5.74, 6) is -0.754. The highest BCUT2D eigenvalue weighted by Crippen LogP contribution is 2.26. The molecular formula is C20H19FN2O4S. The number of rotatable bonds is 6. The molecule has 0 spiro atoms. The zero-order valence-electron chi connectivity index (χ0n) is 15.4. The van der Waals surface area contributed by atoms with Gasteiger partial charge in [0.25, 0.3) is 0 Å². The number of hydrogen-bond acceptors (Lipinski definition) is 5. The predicted octanol–water partition coefficient (Wildman–Crippen LogP) is 3.90. The Bertz CT molecular complexity index is 1110. The van der Waals surface area contributed by atoms with Gasteiger partial charge in [-0.3, -0.25) is 4.79 Å². The second kappa shape index (κ2) is 7.93. The van der Waals surface area contributed by atoms with Crippen LogP contribution in [0.4, 0.5) is 10.1 Å². The Hall–Kier alpha value is -3.00. The highest BCUT2D eigenvalue weighted by molar-refractivity contribution is 7.91. The van der Waals surface area contributed by atoms with Crippen LogP contribution in [0.1, 0.15) is 17.7 Å². The van der Waals surface area contributed by atoms with Crippen molar-refractivity contribution in [3.05, 3.63) is 65.6 Å². The first-order valence-corrected chi connectivity index (χ1v) is 10.2. The van der Waals surface area contributed by atoms with Gasteiger partial charge in [0, 0.05) is 23.7 Å². The number of hydrogen-bond donors (Lipinski definition) is 1. The highest BCUT2D eigenvalue weighted by Gasteiger charge is 2.20. The van der Waals surface area contributed by atoms with Gasteiger partial charge in [0.2, 0.25) is 5.91 Å². The minimum atomic E-state index is -3.69. The van der Waals surface area contributed by atoms with Crippen molar-refractivity contribution >= 4 is 21.4 Å². The molecule has 146 valence electrons. The SMILES string of the molecule is Cc1cc(-c2ccc(C)c(S(=O)(=O)CCC(=O)Nc3ccc(F)cc3)c2)on1. The lowest BCUT2D eigenvalue weighted by Gasteiger charge is -2.10. The molecule has 1 heterocycles. The summed E-state index contributed by atoms with van der Waals surface area (Å²) in [5, 5.41) is 6.37. The van der Waals surface area contributed by atoms with E-state index < -0.39 is 21.6 Å². The lowest BCUT2D eigenvalue weighted by molar-refractivity contribution is -0.115. The molecule has 0 saturated heterocycles. The molecule has 0 bridgehead atoms. The van der Waals surface area contributed by atoms with E-state index in [9.17, 15) is 17.6 Å². The molecule has 8 heteroatoms. The normalized spacial score (nSPS) is 11.4. The van der Waals surface area contributed by atoms with Gasteiger partial charge in [0.05, 0.1) is 16.3 Å². The van der Waals surface area contributed by atoms with Crippen LogP contribution in [0.25, 0.3) is 11.3 Å². The Morgan fingerprint density at radius 3 is 2.46 bits per heavy atom. The van der Waals surface area contributed by atoms with E-state index in [1.807, 2.05) is 0 Å². The molecule has 1 N–H and O–H groups in total. The fourth-order valence-electron chi connectivity index (χ4n) is 2.68. The van der Waals surface area contributed by atoms with Crippen LogP contribution in [0.3, 0.4) is 0 Å². The number of carbonyl (C=O) groups is 1. The van der Waals surface area contributed by atoms with Crippen molar-refractivity contribution in [2.45, 2.75) is 25.2 Å². The van der Waals surface area contributed by atoms with Crippen molar-refractivity contribution in [1.29, 1.82) is 0 Å². The third-order valence-corrected chi connectivity index (χ3v) is 6.01. The minimum Gasteiger partial charge on any atom is -0.356 e. The summed E-state index contributed by atoms with van der Waals surface area (Å²) < 4.78 is 43.6. The summed E-state index contributed by atoms with van der Waals surface area (Å²) in [4.78, 5) is 12.2. The lowest BCUT2D eigenvalue weighted by atomic mass is 10.1. The molecular weight excluding hydrogens is 383 g/mol. The molecule has 0 fully saturated rings. The van der Waals surface area contributed by atoms with Crippen LogP contribution < -0.4 is 5.32 Å². The minimum absolute atomic E-state index is 0.147. The average Bonchev–Trinajstić information content (AvgIpc) is 3.09. The van der Waals surface area contributed by atoms with Crippen LogP contribution in [0, 0.1) is 19.7 Å². The molecule has 0 aliphatic heterocycles. The van der Waals surface area contributed by atoms with Gasteiger partial charge >= 0.3 is 0 Å². The topological polar surface area (TPSA) is 89.3 Å². The zero-order chi connectivity index (χ0) is 20.3. The van der Waals surface area contributed by atoms with E-state index in [-0.39, 0.29) is 17.1 Å². The number of amides is 1.